The number of carbonyl (C=O) groups is 2. The molecule has 0 aliphatic carbocycles. The minimum Gasteiger partial charge on any atom is -0.480 e. The van der Waals surface area contributed by atoms with Crippen molar-refractivity contribution in [1.29, 1.82) is 0 Å². The van der Waals surface area contributed by atoms with Crippen LogP contribution in [-0.2, 0) is 19.6 Å². The van der Waals surface area contributed by atoms with Crippen molar-refractivity contribution in [3.63, 3.8) is 0 Å². The van der Waals surface area contributed by atoms with Gasteiger partial charge in [0.05, 0.1) is 7.11 Å². The van der Waals surface area contributed by atoms with Crippen molar-refractivity contribution in [3.05, 3.63) is 15.8 Å². The molecule has 1 N–H and O–H groups in total. The van der Waals surface area contributed by atoms with Crippen molar-refractivity contribution >= 4 is 33.3 Å². The third kappa shape index (κ3) is 2.68. The van der Waals surface area contributed by atoms with E-state index < -0.39 is 28.0 Å². The van der Waals surface area contributed by atoms with E-state index in [1.54, 1.807) is 12.3 Å². The van der Waals surface area contributed by atoms with Gasteiger partial charge in [0.1, 0.15) is 15.8 Å². The van der Waals surface area contributed by atoms with Crippen molar-refractivity contribution in [2.75, 3.05) is 13.7 Å². The number of methoxy groups -OCH3 is 1. The lowest BCUT2D eigenvalue weighted by atomic mass is 10.2. The fourth-order valence-corrected chi connectivity index (χ4v) is 5.69. The van der Waals surface area contributed by atoms with Crippen molar-refractivity contribution in [2.24, 2.45) is 0 Å². The summed E-state index contributed by atoms with van der Waals surface area (Å²) >= 11 is 0.976. The fraction of sp³-hybridized carbons (Fsp3) is 0.500. The average molecular weight is 333 g/mol. The molecule has 0 spiro atoms. The summed E-state index contributed by atoms with van der Waals surface area (Å²) in [6.07, 6.45) is 0.748. The van der Waals surface area contributed by atoms with Gasteiger partial charge in [-0.2, -0.15) is 4.31 Å². The van der Waals surface area contributed by atoms with Crippen LogP contribution in [0.15, 0.2) is 10.3 Å². The second-order valence-electron chi connectivity index (χ2n) is 4.68. The first-order valence-corrected chi connectivity index (χ1v) is 8.53. The molecule has 0 bridgehead atoms. The highest BCUT2D eigenvalue weighted by molar-refractivity contribution is 7.89. The van der Waals surface area contributed by atoms with Gasteiger partial charge < -0.3 is 9.84 Å². The van der Waals surface area contributed by atoms with Crippen molar-refractivity contribution in [1.82, 2.24) is 4.31 Å². The minimum atomic E-state index is -4.04. The smallest absolute Gasteiger partial charge is 0.349 e. The van der Waals surface area contributed by atoms with Crippen LogP contribution < -0.4 is 0 Å². The van der Waals surface area contributed by atoms with E-state index in [1.165, 1.54) is 7.11 Å². The van der Waals surface area contributed by atoms with Crippen LogP contribution in [0.5, 0.6) is 0 Å². The zero-order chi connectivity index (χ0) is 15.8. The number of ether oxygens (including phenoxy) is 1. The maximum absolute atomic E-state index is 12.7. The van der Waals surface area contributed by atoms with E-state index >= 15 is 0 Å². The summed E-state index contributed by atoms with van der Waals surface area (Å²) in [5.41, 5.74) is 0.413. The zero-order valence-electron chi connectivity index (χ0n) is 11.5. The first-order chi connectivity index (χ1) is 9.80. The molecule has 0 radical (unpaired) electrons. The normalized spacial score (nSPS) is 19.6. The fourth-order valence-electron chi connectivity index (χ4n) is 2.38. The Bertz CT molecular complexity index is 678. The van der Waals surface area contributed by atoms with Gasteiger partial charge in [-0.15, -0.1) is 11.3 Å². The number of hydrogen-bond donors (Lipinski definition) is 1. The summed E-state index contributed by atoms with van der Waals surface area (Å²) in [4.78, 5) is 22.7. The first kappa shape index (κ1) is 15.9. The molecular weight excluding hydrogens is 318 g/mol. The molecule has 21 heavy (non-hydrogen) atoms. The quantitative estimate of drug-likeness (QED) is 0.828. The Morgan fingerprint density at radius 1 is 1.48 bits per heavy atom. The van der Waals surface area contributed by atoms with E-state index in [1.807, 2.05) is 0 Å². The molecule has 1 aromatic heterocycles. The predicted octanol–water partition coefficient (Wildman–Crippen LogP) is 1.08. The molecule has 2 rings (SSSR count). The van der Waals surface area contributed by atoms with Crippen LogP contribution in [0.4, 0.5) is 0 Å². The Morgan fingerprint density at radius 3 is 2.71 bits per heavy atom. The molecule has 9 heteroatoms. The Hall–Kier alpha value is -1.45. The summed E-state index contributed by atoms with van der Waals surface area (Å²) in [7, 11) is -2.87. The van der Waals surface area contributed by atoms with Gasteiger partial charge in [0, 0.05) is 6.54 Å². The van der Waals surface area contributed by atoms with E-state index in [0.29, 0.717) is 12.0 Å². The maximum atomic E-state index is 12.7. The Morgan fingerprint density at radius 2 is 2.14 bits per heavy atom. The summed E-state index contributed by atoms with van der Waals surface area (Å²) < 4.78 is 31.0. The van der Waals surface area contributed by atoms with Crippen LogP contribution in [0, 0.1) is 6.92 Å². The second-order valence-corrected chi connectivity index (χ2v) is 7.39. The van der Waals surface area contributed by atoms with Crippen LogP contribution in [0.3, 0.4) is 0 Å². The maximum Gasteiger partial charge on any atom is 0.349 e. The van der Waals surface area contributed by atoms with Crippen LogP contribution in [0.1, 0.15) is 28.1 Å². The topological polar surface area (TPSA) is 101 Å². The number of nitrogens with zero attached hydrogens (tertiary/aromatic N) is 1. The average Bonchev–Trinajstić information content (AvgIpc) is 3.04. The summed E-state index contributed by atoms with van der Waals surface area (Å²) in [6.45, 7) is 1.71. The van der Waals surface area contributed by atoms with Gasteiger partial charge in [0.25, 0.3) is 0 Å². The van der Waals surface area contributed by atoms with Gasteiger partial charge in [-0.1, -0.05) is 0 Å². The lowest BCUT2D eigenvalue weighted by Gasteiger charge is -2.21. The molecule has 1 saturated heterocycles. The van der Waals surface area contributed by atoms with Gasteiger partial charge in [0.2, 0.25) is 10.0 Å². The summed E-state index contributed by atoms with van der Waals surface area (Å²) in [5.74, 6) is -1.92. The number of thiophene rings is 1. The standard InChI is InChI=1S/C12H15NO6S2/c1-7-6-20-9(12(16)19-2)10(7)21(17,18)13-5-3-4-8(13)11(14)15/h6,8H,3-5H2,1-2H3,(H,14,15)/t8-/m1/s1. The number of carboxylic acid groups (broad SMARTS) is 1. The lowest BCUT2D eigenvalue weighted by molar-refractivity contribution is -0.140. The predicted molar refractivity (Wildman–Crippen MR) is 74.9 cm³/mol. The molecule has 0 amide bonds. The Balaban J connectivity index is 2.52. The molecule has 7 nitrogen and oxygen atoms in total. The van der Waals surface area contributed by atoms with E-state index in [9.17, 15) is 18.0 Å². The van der Waals surface area contributed by atoms with Crippen LogP contribution >= 0.6 is 11.3 Å². The molecule has 2 heterocycles. The van der Waals surface area contributed by atoms with Gasteiger partial charge in [-0.25, -0.2) is 13.2 Å². The molecule has 116 valence electrons. The number of carbonyl (C=O) groups excluding carboxylic acids is 1. The number of sulfonamides is 1. The Kier molecular flexibility index (Phi) is 4.35. The van der Waals surface area contributed by atoms with Gasteiger partial charge in [-0.3, -0.25) is 4.79 Å². The van der Waals surface area contributed by atoms with Crippen LogP contribution in [-0.4, -0.2) is 49.5 Å². The van der Waals surface area contributed by atoms with Crippen molar-refractivity contribution in [3.8, 4) is 0 Å². The summed E-state index contributed by atoms with van der Waals surface area (Å²) in [5, 5.41) is 10.7. The molecule has 1 aliphatic rings. The lowest BCUT2D eigenvalue weighted by Crippen LogP contribution is -2.40. The van der Waals surface area contributed by atoms with Gasteiger partial charge in [0.15, 0.2) is 0 Å². The van der Waals surface area contributed by atoms with Gasteiger partial charge >= 0.3 is 11.9 Å². The number of aryl methyl sites for hydroxylation is 1. The van der Waals surface area contributed by atoms with Crippen LogP contribution in [0.25, 0.3) is 0 Å². The third-order valence-electron chi connectivity index (χ3n) is 3.34. The van der Waals surface area contributed by atoms with E-state index in [4.69, 9.17) is 5.11 Å². The number of hydrogen-bond acceptors (Lipinski definition) is 6. The largest absolute Gasteiger partial charge is 0.480 e. The van der Waals surface area contributed by atoms with Crippen LogP contribution in [0.2, 0.25) is 0 Å². The highest BCUT2D eigenvalue weighted by Crippen LogP contribution is 2.33. The number of esters is 1. The molecular formula is C12H15NO6S2. The number of carboxylic acids is 1. The zero-order valence-corrected chi connectivity index (χ0v) is 13.2. The molecule has 0 saturated carbocycles. The van der Waals surface area contributed by atoms with E-state index in [0.717, 1.165) is 15.6 Å². The molecule has 0 aromatic carbocycles. The molecule has 1 fully saturated rings. The monoisotopic (exact) mass is 333 g/mol. The molecule has 1 aromatic rings. The molecule has 0 unspecified atom stereocenters. The van der Waals surface area contributed by atoms with Crippen molar-refractivity contribution in [2.45, 2.75) is 30.7 Å². The molecule has 1 aliphatic heterocycles. The highest BCUT2D eigenvalue weighted by Gasteiger charge is 2.42. The highest BCUT2D eigenvalue weighted by atomic mass is 32.2. The SMILES string of the molecule is COC(=O)c1scc(C)c1S(=O)(=O)N1CCC[C@@H]1C(=O)O. The number of aliphatic carboxylic acids is 1. The Labute approximate surface area is 126 Å². The first-order valence-electron chi connectivity index (χ1n) is 6.21. The minimum absolute atomic E-state index is 0.0222. The van der Waals surface area contributed by atoms with E-state index in [-0.39, 0.29) is 22.7 Å². The second kappa shape index (κ2) is 5.74. The van der Waals surface area contributed by atoms with Crippen molar-refractivity contribution < 1.29 is 27.9 Å². The summed E-state index contributed by atoms with van der Waals surface area (Å²) in [6, 6.07) is -1.08. The molecule has 1 atom stereocenters. The number of rotatable bonds is 4. The van der Waals surface area contributed by atoms with E-state index in [2.05, 4.69) is 4.74 Å². The van der Waals surface area contributed by atoms with Gasteiger partial charge in [-0.05, 0) is 30.7 Å². The third-order valence-corrected chi connectivity index (χ3v) is 6.65.